The van der Waals surface area contributed by atoms with Crippen LogP contribution < -0.4 is 0 Å². The van der Waals surface area contributed by atoms with Crippen LogP contribution in [0.2, 0.25) is 24.2 Å². The van der Waals surface area contributed by atoms with Crippen molar-refractivity contribution in [2.75, 3.05) is 98.6 Å². The summed E-state index contributed by atoms with van der Waals surface area (Å²) in [5, 5.41) is 0. The standard InChI is InChI=1S/C15H36PSi.C12H30PSi.C12H24PSi.C9H24PSi/c1-4-7-11-16(12-8-5-2,13-9-6-3)14-10-15-17;2*1-4-8-13(9-5-2,10-6-3)11-7-12-14;1-4-10(5-2,6-3)8-7-9-11/h4-15H2,1-3,17H3;4-12H2,1-3,14H3;4-6H,1-3,7-12H2,14H3;4-9H2,1-3,11H3/q4*+1. The van der Waals surface area contributed by atoms with Crippen LogP contribution in [0.5, 0.6) is 0 Å². The third-order valence-corrected chi connectivity index (χ3v) is 35.6. The van der Waals surface area contributed by atoms with Gasteiger partial charge in [-0.3, -0.25) is 0 Å². The Bertz CT molecular complexity index is 732. The van der Waals surface area contributed by atoms with Crippen LogP contribution in [0.15, 0.2) is 38.0 Å². The summed E-state index contributed by atoms with van der Waals surface area (Å²) in [7, 11) is 3.26. The van der Waals surface area contributed by atoms with E-state index in [1.54, 1.807) is 68.3 Å². The Morgan fingerprint density at radius 3 is 0.750 bits per heavy atom. The van der Waals surface area contributed by atoms with Gasteiger partial charge in [-0.05, 0) is 85.0 Å². The van der Waals surface area contributed by atoms with E-state index in [9.17, 15) is 0 Å². The second kappa shape index (κ2) is 46.3. The van der Waals surface area contributed by atoms with Gasteiger partial charge in [-0.25, -0.2) is 0 Å². The summed E-state index contributed by atoms with van der Waals surface area (Å²) in [6, 6.07) is 6.00. The molecule has 338 valence electrons. The predicted octanol–water partition coefficient (Wildman–Crippen LogP) is 13.0. The molecular weight excluding hydrogens is 813 g/mol. The Morgan fingerprint density at radius 1 is 0.304 bits per heavy atom. The molecule has 0 aromatic carbocycles. The average molecular weight is 928 g/mol. The summed E-state index contributed by atoms with van der Waals surface area (Å²) in [6.45, 7) is 33.1. The minimum Gasteiger partial charge on any atom is -0.0995 e. The highest BCUT2D eigenvalue weighted by molar-refractivity contribution is 7.77. The molecule has 0 bridgehead atoms. The summed E-state index contributed by atoms with van der Waals surface area (Å²) in [5.41, 5.74) is 0. The minimum atomic E-state index is -0.845. The highest BCUT2D eigenvalue weighted by Crippen LogP contribution is 2.62. The molecule has 0 fully saturated rings. The zero-order chi connectivity index (χ0) is 43.5. The van der Waals surface area contributed by atoms with Crippen molar-refractivity contribution in [1.82, 2.24) is 0 Å². The fourth-order valence-electron chi connectivity index (χ4n) is 8.68. The Hall–Kier alpha value is 1.81. The van der Waals surface area contributed by atoms with Crippen LogP contribution in [0.3, 0.4) is 0 Å². The van der Waals surface area contributed by atoms with E-state index in [1.165, 1.54) is 179 Å². The van der Waals surface area contributed by atoms with E-state index in [0.717, 1.165) is 0 Å². The Morgan fingerprint density at radius 2 is 0.536 bits per heavy atom. The molecule has 0 N–H and O–H groups in total. The van der Waals surface area contributed by atoms with Crippen LogP contribution in [0.25, 0.3) is 0 Å². The molecule has 0 atom stereocenters. The van der Waals surface area contributed by atoms with E-state index in [-0.39, 0.29) is 0 Å². The van der Waals surface area contributed by atoms with Crippen LogP contribution in [0.4, 0.5) is 0 Å². The van der Waals surface area contributed by atoms with E-state index in [0.29, 0.717) is 0 Å². The predicted molar refractivity (Wildman–Crippen MR) is 306 cm³/mol. The summed E-state index contributed by atoms with van der Waals surface area (Å²) in [6.07, 6.45) is 49.2. The molecule has 0 spiro atoms. The molecule has 0 nitrogen and oxygen atoms in total. The van der Waals surface area contributed by atoms with Crippen molar-refractivity contribution in [3.8, 4) is 0 Å². The fraction of sp³-hybridized carbons (Fsp3) is 0.875. The van der Waals surface area contributed by atoms with Gasteiger partial charge < -0.3 is 0 Å². The molecule has 0 aromatic heterocycles. The molecule has 8 heteroatoms. The van der Waals surface area contributed by atoms with Gasteiger partial charge in [0, 0.05) is 70.0 Å². The van der Waals surface area contributed by atoms with Crippen LogP contribution in [0, 0.1) is 0 Å². The first-order valence-electron chi connectivity index (χ1n) is 25.2. The van der Waals surface area contributed by atoms with Gasteiger partial charge in [0.05, 0.1) is 98.6 Å². The van der Waals surface area contributed by atoms with Crippen molar-refractivity contribution in [3.05, 3.63) is 38.0 Å². The molecule has 0 heterocycles. The molecule has 0 aliphatic carbocycles. The molecule has 0 saturated heterocycles. The highest BCUT2D eigenvalue weighted by Gasteiger charge is 2.35. The SMILES string of the molecule is C=CC[P+](CC=C)(CC=C)CCC[SiH3].CCCC[P+](CCCC)(CCCC)CCC[SiH3].CCC[P+](CCC)(CCC)CCC[SiH3].CC[P+](CC)(CC)CCC[SiH3]. The van der Waals surface area contributed by atoms with Crippen molar-refractivity contribution >= 4 is 70.0 Å². The number of unbranched alkanes of at least 4 members (excludes halogenated alkanes) is 3. The van der Waals surface area contributed by atoms with Gasteiger partial charge in [-0.2, -0.15) is 0 Å². The molecule has 0 rings (SSSR count). The van der Waals surface area contributed by atoms with Crippen molar-refractivity contribution in [3.63, 3.8) is 0 Å². The van der Waals surface area contributed by atoms with Crippen molar-refractivity contribution in [2.45, 2.75) is 170 Å². The lowest BCUT2D eigenvalue weighted by atomic mass is 10.4. The van der Waals surface area contributed by atoms with Gasteiger partial charge in [0.1, 0.15) is 0 Å². The van der Waals surface area contributed by atoms with Gasteiger partial charge in [0.2, 0.25) is 0 Å². The maximum absolute atomic E-state index is 3.89. The number of allylic oxidation sites excluding steroid dienone is 3. The van der Waals surface area contributed by atoms with E-state index in [1.807, 2.05) is 0 Å². The zero-order valence-electron chi connectivity index (χ0n) is 42.0. The normalized spacial score (nSPS) is 11.9. The van der Waals surface area contributed by atoms with E-state index in [4.69, 9.17) is 0 Å². The first-order valence-corrected chi connectivity index (χ1v) is 41.0. The number of rotatable bonds is 36. The van der Waals surface area contributed by atoms with Gasteiger partial charge in [-0.15, -0.1) is 0 Å². The van der Waals surface area contributed by atoms with Crippen molar-refractivity contribution in [1.29, 1.82) is 0 Å². The molecule has 56 heavy (non-hydrogen) atoms. The smallest absolute Gasteiger partial charge is 0.0777 e. The second-order valence-electron chi connectivity index (χ2n) is 17.4. The van der Waals surface area contributed by atoms with Gasteiger partial charge in [0.15, 0.2) is 0 Å². The zero-order valence-corrected chi connectivity index (χ0v) is 53.6. The quantitative estimate of drug-likeness (QED) is 0.0334. The first-order chi connectivity index (χ1) is 27.0. The highest BCUT2D eigenvalue weighted by atomic mass is 31.2. The Balaban J connectivity index is -0.000000325. The van der Waals surface area contributed by atoms with Crippen molar-refractivity contribution < 1.29 is 0 Å². The van der Waals surface area contributed by atoms with E-state index < -0.39 is 29.0 Å². The van der Waals surface area contributed by atoms with Gasteiger partial charge in [-0.1, -0.05) is 123 Å². The monoisotopic (exact) mass is 927 g/mol. The molecule has 0 amide bonds. The Labute approximate surface area is 374 Å². The molecule has 0 aromatic rings. The largest absolute Gasteiger partial charge is 0.0995 e. The lowest BCUT2D eigenvalue weighted by molar-refractivity contribution is 0.828. The Kier molecular flexibility index (Phi) is 53.3. The van der Waals surface area contributed by atoms with E-state index >= 15 is 0 Å². The molecule has 0 unspecified atom stereocenters. The molecule has 0 saturated carbocycles. The van der Waals surface area contributed by atoms with Crippen LogP contribution >= 0.6 is 29.0 Å². The maximum atomic E-state index is 3.89. The van der Waals surface area contributed by atoms with Crippen LogP contribution in [0.1, 0.15) is 146 Å². The molecule has 0 aliphatic heterocycles. The first kappa shape index (κ1) is 64.4. The summed E-state index contributed by atoms with van der Waals surface area (Å²) in [4.78, 5) is 0. The molecule has 0 aliphatic rings. The van der Waals surface area contributed by atoms with Crippen molar-refractivity contribution in [2.24, 2.45) is 0 Å². The van der Waals surface area contributed by atoms with E-state index in [2.05, 4.69) is 100 Å². The number of hydrogen-bond acceptors (Lipinski definition) is 0. The van der Waals surface area contributed by atoms with Gasteiger partial charge in [0.25, 0.3) is 0 Å². The van der Waals surface area contributed by atoms with Crippen LogP contribution in [-0.4, -0.2) is 140 Å². The second-order valence-corrected chi connectivity index (χ2v) is 39.6. The van der Waals surface area contributed by atoms with Crippen LogP contribution in [-0.2, 0) is 0 Å². The third kappa shape index (κ3) is 34.4. The lowest BCUT2D eigenvalue weighted by Gasteiger charge is -2.28. The topological polar surface area (TPSA) is 0 Å². The average Bonchev–Trinajstić information content (AvgIpc) is 3.21. The summed E-state index contributed by atoms with van der Waals surface area (Å²) in [5.74, 6) is 0. The third-order valence-electron chi connectivity index (χ3n) is 12.6. The lowest BCUT2D eigenvalue weighted by Crippen LogP contribution is -2.12. The van der Waals surface area contributed by atoms with Gasteiger partial charge >= 0.3 is 0 Å². The molecule has 0 radical (unpaired) electrons. The number of hydrogen-bond donors (Lipinski definition) is 0. The summed E-state index contributed by atoms with van der Waals surface area (Å²) < 4.78 is 0. The molecular formula is C48H114P4Si4+4. The summed E-state index contributed by atoms with van der Waals surface area (Å²) >= 11 is 0. The fourth-order valence-corrected chi connectivity index (χ4v) is 29.8. The minimum absolute atomic E-state index is 0.433. The maximum Gasteiger partial charge on any atom is 0.0777 e.